The van der Waals surface area contributed by atoms with Gasteiger partial charge < -0.3 is 19.7 Å². The summed E-state index contributed by atoms with van der Waals surface area (Å²) in [5, 5.41) is 3.56. The summed E-state index contributed by atoms with van der Waals surface area (Å²) in [6, 6.07) is 13.7. The van der Waals surface area contributed by atoms with Crippen LogP contribution >= 0.6 is 11.6 Å². The van der Waals surface area contributed by atoms with Gasteiger partial charge in [-0.05, 0) is 50.1 Å². The number of ether oxygens (including phenoxy) is 2. The van der Waals surface area contributed by atoms with Crippen LogP contribution in [-0.4, -0.2) is 38.3 Å². The minimum absolute atomic E-state index is 0.0422. The summed E-state index contributed by atoms with van der Waals surface area (Å²) >= 11 is 6.50. The zero-order valence-corrected chi connectivity index (χ0v) is 18.7. The fourth-order valence-corrected chi connectivity index (χ4v) is 3.89. The van der Waals surface area contributed by atoms with E-state index in [1.807, 2.05) is 56.3 Å². The highest BCUT2D eigenvalue weighted by atomic mass is 35.5. The van der Waals surface area contributed by atoms with E-state index < -0.39 is 0 Å². The molecule has 6 heteroatoms. The number of likely N-dealkylation sites (N-methyl/N-ethyl adjacent to an activating group) is 1. The van der Waals surface area contributed by atoms with Gasteiger partial charge in [-0.1, -0.05) is 30.7 Å². The van der Waals surface area contributed by atoms with Crippen LogP contribution in [0.25, 0.3) is 0 Å². The first-order valence-corrected chi connectivity index (χ1v) is 11.1. The Morgan fingerprint density at radius 2 is 1.93 bits per heavy atom. The second-order valence-electron chi connectivity index (χ2n) is 7.62. The Morgan fingerprint density at radius 1 is 1.20 bits per heavy atom. The SMILES string of the molecule is CCCOc1ccc(N2CC[C@@H](Oc3ccc(C(C)C(=O)NCC)cc3)C2)c(Cl)c1. The minimum Gasteiger partial charge on any atom is -0.494 e. The maximum Gasteiger partial charge on any atom is 0.227 e. The van der Waals surface area contributed by atoms with Crippen molar-refractivity contribution >= 4 is 23.2 Å². The lowest BCUT2D eigenvalue weighted by atomic mass is 10.0. The fraction of sp³-hybridized carbons (Fsp3) is 0.458. The number of nitrogens with zero attached hydrogens (tertiary/aromatic N) is 1. The second-order valence-corrected chi connectivity index (χ2v) is 8.03. The Morgan fingerprint density at radius 3 is 2.60 bits per heavy atom. The van der Waals surface area contributed by atoms with Gasteiger partial charge in [0.25, 0.3) is 0 Å². The number of anilines is 1. The van der Waals surface area contributed by atoms with Crippen LogP contribution in [0, 0.1) is 0 Å². The topological polar surface area (TPSA) is 50.8 Å². The molecule has 2 aromatic carbocycles. The van der Waals surface area contributed by atoms with Gasteiger partial charge in [0.1, 0.15) is 17.6 Å². The van der Waals surface area contributed by atoms with Crippen molar-refractivity contribution in [3.05, 3.63) is 53.1 Å². The quantitative estimate of drug-likeness (QED) is 0.606. The average molecular weight is 431 g/mol. The van der Waals surface area contributed by atoms with Gasteiger partial charge in [0.05, 0.1) is 29.8 Å². The van der Waals surface area contributed by atoms with Crippen LogP contribution < -0.4 is 19.7 Å². The lowest BCUT2D eigenvalue weighted by Crippen LogP contribution is -2.27. The first-order chi connectivity index (χ1) is 14.5. The van der Waals surface area contributed by atoms with Crippen LogP contribution in [0.15, 0.2) is 42.5 Å². The molecule has 2 aromatic rings. The molecule has 1 aliphatic heterocycles. The number of halogens is 1. The molecular formula is C24H31ClN2O3. The highest BCUT2D eigenvalue weighted by Gasteiger charge is 2.26. The van der Waals surface area contributed by atoms with E-state index in [0.29, 0.717) is 18.2 Å². The summed E-state index contributed by atoms with van der Waals surface area (Å²) in [7, 11) is 0. The number of rotatable bonds is 9. The van der Waals surface area contributed by atoms with Gasteiger partial charge in [0, 0.05) is 25.6 Å². The van der Waals surface area contributed by atoms with Crippen LogP contribution in [-0.2, 0) is 4.79 Å². The maximum atomic E-state index is 12.0. The van der Waals surface area contributed by atoms with Crippen molar-refractivity contribution in [1.29, 1.82) is 0 Å². The third-order valence-corrected chi connectivity index (χ3v) is 5.61. The van der Waals surface area contributed by atoms with Gasteiger partial charge in [-0.2, -0.15) is 0 Å². The Kier molecular flexibility index (Phi) is 7.86. The maximum absolute atomic E-state index is 12.0. The molecule has 1 unspecified atom stereocenters. The lowest BCUT2D eigenvalue weighted by molar-refractivity contribution is -0.122. The van der Waals surface area contributed by atoms with E-state index in [1.165, 1.54) is 0 Å². The Labute approximate surface area is 184 Å². The van der Waals surface area contributed by atoms with Gasteiger partial charge in [-0.15, -0.1) is 0 Å². The molecule has 1 N–H and O–H groups in total. The van der Waals surface area contributed by atoms with E-state index in [9.17, 15) is 4.79 Å². The third kappa shape index (κ3) is 5.60. The molecule has 1 saturated heterocycles. The van der Waals surface area contributed by atoms with Gasteiger partial charge in [0.15, 0.2) is 0 Å². The largest absolute Gasteiger partial charge is 0.494 e. The van der Waals surface area contributed by atoms with Gasteiger partial charge >= 0.3 is 0 Å². The molecule has 0 aliphatic carbocycles. The van der Waals surface area contributed by atoms with E-state index in [2.05, 4.69) is 17.1 Å². The number of amides is 1. The molecule has 5 nitrogen and oxygen atoms in total. The van der Waals surface area contributed by atoms with Crippen LogP contribution in [0.2, 0.25) is 5.02 Å². The first kappa shape index (κ1) is 22.3. The van der Waals surface area contributed by atoms with Crippen molar-refractivity contribution in [2.75, 3.05) is 31.1 Å². The molecule has 1 amide bonds. The van der Waals surface area contributed by atoms with Crippen molar-refractivity contribution in [2.45, 2.75) is 45.6 Å². The van der Waals surface area contributed by atoms with Crippen molar-refractivity contribution in [1.82, 2.24) is 5.32 Å². The van der Waals surface area contributed by atoms with Gasteiger partial charge in [-0.25, -0.2) is 0 Å². The Hall–Kier alpha value is -2.40. The Bertz CT molecular complexity index is 841. The normalized spacial score (nSPS) is 16.9. The fourth-order valence-electron chi connectivity index (χ4n) is 3.60. The molecule has 0 bridgehead atoms. The average Bonchev–Trinajstić information content (AvgIpc) is 3.20. The molecular weight excluding hydrogens is 400 g/mol. The van der Waals surface area contributed by atoms with Crippen molar-refractivity contribution < 1.29 is 14.3 Å². The van der Waals surface area contributed by atoms with Crippen LogP contribution in [0.5, 0.6) is 11.5 Å². The van der Waals surface area contributed by atoms with E-state index >= 15 is 0 Å². The minimum atomic E-state index is -0.174. The number of benzene rings is 2. The van der Waals surface area contributed by atoms with Gasteiger partial charge in [-0.3, -0.25) is 4.79 Å². The summed E-state index contributed by atoms with van der Waals surface area (Å²) in [4.78, 5) is 14.3. The first-order valence-electron chi connectivity index (χ1n) is 10.7. The van der Waals surface area contributed by atoms with E-state index in [4.69, 9.17) is 21.1 Å². The molecule has 1 heterocycles. The van der Waals surface area contributed by atoms with Crippen molar-refractivity contribution in [3.63, 3.8) is 0 Å². The molecule has 1 fully saturated rings. The summed E-state index contributed by atoms with van der Waals surface area (Å²) in [6.07, 6.45) is 2.00. The number of hydrogen-bond donors (Lipinski definition) is 1. The van der Waals surface area contributed by atoms with Crippen molar-refractivity contribution in [3.8, 4) is 11.5 Å². The van der Waals surface area contributed by atoms with E-state index in [1.54, 1.807) is 0 Å². The smallest absolute Gasteiger partial charge is 0.227 e. The van der Waals surface area contributed by atoms with E-state index in [0.717, 1.165) is 48.7 Å². The van der Waals surface area contributed by atoms with Crippen molar-refractivity contribution in [2.24, 2.45) is 0 Å². The second kappa shape index (κ2) is 10.6. The molecule has 30 heavy (non-hydrogen) atoms. The van der Waals surface area contributed by atoms with Crippen LogP contribution in [0.4, 0.5) is 5.69 Å². The lowest BCUT2D eigenvalue weighted by Gasteiger charge is -2.21. The summed E-state index contributed by atoms with van der Waals surface area (Å²) in [5.41, 5.74) is 2.00. The molecule has 0 radical (unpaired) electrons. The summed E-state index contributed by atoms with van der Waals surface area (Å²) in [5.74, 6) is 1.50. The standard InChI is InChI=1S/C24H31ClN2O3/c1-4-14-29-20-10-11-23(22(25)15-20)27-13-12-21(16-27)30-19-8-6-18(7-9-19)17(3)24(28)26-5-2/h6-11,15,17,21H,4-5,12-14,16H2,1-3H3,(H,26,28)/t17?,21-/m1/s1. The summed E-state index contributed by atoms with van der Waals surface area (Å²) < 4.78 is 11.8. The molecule has 0 spiro atoms. The molecule has 0 aromatic heterocycles. The predicted octanol–water partition coefficient (Wildman–Crippen LogP) is 5.03. The predicted molar refractivity (Wildman–Crippen MR) is 122 cm³/mol. The highest BCUT2D eigenvalue weighted by Crippen LogP contribution is 2.33. The zero-order chi connectivity index (χ0) is 21.5. The summed E-state index contributed by atoms with van der Waals surface area (Å²) in [6.45, 7) is 8.93. The molecule has 1 aliphatic rings. The number of nitrogens with one attached hydrogen (secondary N) is 1. The van der Waals surface area contributed by atoms with E-state index in [-0.39, 0.29) is 17.9 Å². The molecule has 162 valence electrons. The number of hydrogen-bond acceptors (Lipinski definition) is 4. The van der Waals surface area contributed by atoms with Gasteiger partial charge in [0.2, 0.25) is 5.91 Å². The molecule has 2 atom stereocenters. The highest BCUT2D eigenvalue weighted by molar-refractivity contribution is 6.33. The number of carbonyl (C=O) groups is 1. The molecule has 3 rings (SSSR count). The van der Waals surface area contributed by atoms with Crippen LogP contribution in [0.1, 0.15) is 45.1 Å². The number of carbonyl (C=O) groups excluding carboxylic acids is 1. The zero-order valence-electron chi connectivity index (χ0n) is 18.0. The monoisotopic (exact) mass is 430 g/mol. The Balaban J connectivity index is 1.56. The molecule has 0 saturated carbocycles. The van der Waals surface area contributed by atoms with Crippen LogP contribution in [0.3, 0.4) is 0 Å². The third-order valence-electron chi connectivity index (χ3n) is 5.30.